The lowest BCUT2D eigenvalue weighted by atomic mass is 11.8. The highest BCUT2D eigenvalue weighted by Crippen LogP contribution is 2.75. The Morgan fingerprint density at radius 1 is 0.333 bits per heavy atom. The minimum absolute atomic E-state index is 1.74. The summed E-state index contributed by atoms with van der Waals surface area (Å²) in [6, 6.07) is 0. The maximum absolute atomic E-state index is 14.0. The van der Waals surface area contributed by atoms with Crippen molar-refractivity contribution in [2.75, 3.05) is 0 Å². The molecule has 0 rings (SSSR count). The van der Waals surface area contributed by atoms with Crippen LogP contribution in [-0.2, 0) is 43.4 Å². The number of hydrogen-bond acceptors (Lipinski definition) is 10. The lowest BCUT2D eigenvalue weighted by Crippen LogP contribution is -2.32. The van der Waals surface area contributed by atoms with E-state index in [9.17, 15) is 13.7 Å². The van der Waals surface area contributed by atoms with E-state index in [0.29, 0.717) is 0 Å². The minimum Gasteiger partial charge on any atom is -0.330 e. The molecule has 0 radical (unpaired) electrons. The van der Waals surface area contributed by atoms with Gasteiger partial charge in [0.1, 0.15) is 0 Å². The van der Waals surface area contributed by atoms with Gasteiger partial charge in [0, 0.05) is 0 Å². The molecule has 18 heteroatoms. The van der Waals surface area contributed by atoms with Gasteiger partial charge in [-0.25, -0.2) is 13.7 Å². The van der Waals surface area contributed by atoms with E-state index in [4.69, 9.17) is 29.7 Å². The van der Waals surface area contributed by atoms with Crippen LogP contribution in [0.15, 0.2) is 0 Å². The molecule has 0 amide bonds. The van der Waals surface area contributed by atoms with Crippen LogP contribution in [0.25, 0.3) is 0 Å². The first-order valence-electron chi connectivity index (χ1n) is 10.7. The van der Waals surface area contributed by atoms with Gasteiger partial charge in [-0.1, -0.05) is 0 Å². The zero-order valence-corrected chi connectivity index (χ0v) is 30.6. The van der Waals surface area contributed by atoms with Gasteiger partial charge >= 0.3 is 23.5 Å². The first-order valence-corrected chi connectivity index (χ1v) is 32.1. The van der Waals surface area contributed by atoms with E-state index in [1.165, 1.54) is 0 Å². The highest BCUT2D eigenvalue weighted by molar-refractivity contribution is 7.70. The van der Waals surface area contributed by atoms with Crippen LogP contribution in [0.2, 0.25) is 98.2 Å². The topological polar surface area (TPSA) is 116 Å². The van der Waals surface area contributed by atoms with E-state index < -0.39 is 65.1 Å². The summed E-state index contributed by atoms with van der Waals surface area (Å²) in [5, 5.41) is 0. The summed E-state index contributed by atoms with van der Waals surface area (Å²) in [5.74, 6) is 0. The molecule has 0 atom stereocenters. The highest BCUT2D eigenvalue weighted by Gasteiger charge is 2.53. The van der Waals surface area contributed by atoms with Crippen LogP contribution in [0.3, 0.4) is 0 Å². The second-order valence-corrected chi connectivity index (χ2v) is 41.3. The quantitative estimate of drug-likeness (QED) is 0.138. The standard InChI is InChI=1S/C15H45O10P3Si5/c1-29(2,3)21-26(16,19-27(17,22-30(4,5)6)23-31(7,8)9)20-28(18,24-32(10,11)12)25-33(13,14)15/h1-15H3. The van der Waals surface area contributed by atoms with Crippen LogP contribution >= 0.6 is 23.5 Å². The SMILES string of the molecule is C[Si](C)(C)OP(=O)(O[Si](C)(C)C)OP(=O)(O[Si](C)(C)C)OP(=O)(O[Si](C)(C)C)O[Si](C)(C)C. The van der Waals surface area contributed by atoms with Crippen molar-refractivity contribution in [3.8, 4) is 0 Å². The molecular weight excluding hydrogens is 574 g/mol. The zero-order chi connectivity index (χ0) is 26.9. The third-order valence-corrected chi connectivity index (χ3v) is 21.0. The number of rotatable bonds is 14. The van der Waals surface area contributed by atoms with Crippen LogP contribution in [0.1, 0.15) is 0 Å². The van der Waals surface area contributed by atoms with Crippen LogP contribution in [0, 0.1) is 0 Å². The molecule has 0 aromatic carbocycles. The summed E-state index contributed by atoms with van der Waals surface area (Å²) in [6.45, 7) is 26.7. The molecule has 0 saturated heterocycles. The largest absolute Gasteiger partial charge is 0.482 e. The Hall–Kier alpha value is 1.49. The molecule has 0 aliphatic carbocycles. The van der Waals surface area contributed by atoms with E-state index in [-0.39, 0.29) is 0 Å². The van der Waals surface area contributed by atoms with E-state index >= 15 is 0 Å². The van der Waals surface area contributed by atoms with Gasteiger partial charge in [0.15, 0.2) is 41.6 Å². The molecular formula is C15H45O10P3Si5. The zero-order valence-electron chi connectivity index (χ0n) is 22.9. The van der Waals surface area contributed by atoms with Crippen molar-refractivity contribution < 1.29 is 43.4 Å². The smallest absolute Gasteiger partial charge is 0.330 e. The predicted octanol–water partition coefficient (Wildman–Crippen LogP) is 8.60. The van der Waals surface area contributed by atoms with Gasteiger partial charge in [-0.15, -0.1) is 0 Å². The summed E-state index contributed by atoms with van der Waals surface area (Å²) >= 11 is 0. The number of hydrogen-bond donors (Lipinski definition) is 0. The molecule has 0 heterocycles. The van der Waals surface area contributed by atoms with Crippen molar-refractivity contribution in [2.45, 2.75) is 98.2 Å². The molecule has 0 aliphatic rings. The third kappa shape index (κ3) is 17.6. The Bertz CT molecular complexity index is 710. The third-order valence-electron chi connectivity index (χ3n) is 2.33. The Kier molecular flexibility index (Phi) is 11.6. The molecule has 200 valence electrons. The van der Waals surface area contributed by atoms with E-state index in [0.717, 1.165) is 0 Å². The molecule has 33 heavy (non-hydrogen) atoms. The lowest BCUT2D eigenvalue weighted by molar-refractivity contribution is 0.215. The Morgan fingerprint density at radius 3 is 0.636 bits per heavy atom. The molecule has 0 unspecified atom stereocenters. The molecule has 10 nitrogen and oxygen atoms in total. The average molecular weight is 619 g/mol. The molecule has 0 aromatic heterocycles. The van der Waals surface area contributed by atoms with Gasteiger partial charge < -0.3 is 21.1 Å². The van der Waals surface area contributed by atoms with E-state index in [1.807, 2.05) is 0 Å². The predicted molar refractivity (Wildman–Crippen MR) is 147 cm³/mol. The van der Waals surface area contributed by atoms with Gasteiger partial charge in [-0.2, -0.15) is 8.62 Å². The van der Waals surface area contributed by atoms with E-state index in [2.05, 4.69) is 0 Å². The van der Waals surface area contributed by atoms with Gasteiger partial charge in [-0.3, -0.25) is 0 Å². The van der Waals surface area contributed by atoms with Gasteiger partial charge in [0.05, 0.1) is 0 Å². The number of phosphoric acid groups is 3. The molecule has 0 saturated carbocycles. The van der Waals surface area contributed by atoms with Crippen molar-refractivity contribution in [3.05, 3.63) is 0 Å². The van der Waals surface area contributed by atoms with Gasteiger partial charge in [0.25, 0.3) is 0 Å². The summed E-state index contributed by atoms with van der Waals surface area (Å²) in [5.41, 5.74) is 0. The fourth-order valence-corrected chi connectivity index (χ4v) is 21.4. The monoisotopic (exact) mass is 618 g/mol. The highest BCUT2D eigenvalue weighted by atomic mass is 31.3. The average Bonchev–Trinajstić information content (AvgIpc) is 2.20. The second-order valence-electron chi connectivity index (χ2n) is 12.5. The second kappa shape index (κ2) is 11.1. The molecule has 0 aliphatic heterocycles. The normalized spacial score (nSPS) is 15.7. The van der Waals surface area contributed by atoms with Crippen molar-refractivity contribution in [1.82, 2.24) is 0 Å². The van der Waals surface area contributed by atoms with E-state index in [1.54, 1.807) is 98.2 Å². The summed E-state index contributed by atoms with van der Waals surface area (Å²) in [6.07, 6.45) is 0. The van der Waals surface area contributed by atoms with Gasteiger partial charge in [-0.05, 0) is 98.2 Å². The molecule has 0 aromatic rings. The Balaban J connectivity index is 6.58. The molecule has 0 fully saturated rings. The maximum atomic E-state index is 14.0. The molecule has 0 spiro atoms. The van der Waals surface area contributed by atoms with Crippen LogP contribution in [0.5, 0.6) is 0 Å². The Labute approximate surface area is 206 Å². The van der Waals surface area contributed by atoms with Crippen molar-refractivity contribution in [3.63, 3.8) is 0 Å². The lowest BCUT2D eigenvalue weighted by Gasteiger charge is -2.35. The van der Waals surface area contributed by atoms with Crippen LogP contribution in [0.4, 0.5) is 0 Å². The molecule has 0 bridgehead atoms. The fraction of sp³-hybridized carbons (Fsp3) is 1.00. The van der Waals surface area contributed by atoms with Crippen LogP contribution < -0.4 is 0 Å². The molecule has 0 N–H and O–H groups in total. The summed E-state index contributed by atoms with van der Waals surface area (Å²) < 4.78 is 81.1. The first kappa shape index (κ1) is 34.5. The Morgan fingerprint density at radius 2 is 0.485 bits per heavy atom. The van der Waals surface area contributed by atoms with Crippen molar-refractivity contribution >= 4 is 65.1 Å². The summed E-state index contributed by atoms with van der Waals surface area (Å²) in [4.78, 5) is 0. The minimum atomic E-state index is -4.80. The summed E-state index contributed by atoms with van der Waals surface area (Å²) in [7, 11) is -26.4. The van der Waals surface area contributed by atoms with Crippen LogP contribution in [-0.4, -0.2) is 41.6 Å². The fourth-order valence-electron chi connectivity index (χ4n) is 2.07. The first-order chi connectivity index (χ1) is 13.9. The van der Waals surface area contributed by atoms with Crippen molar-refractivity contribution in [1.29, 1.82) is 0 Å². The van der Waals surface area contributed by atoms with Gasteiger partial charge in [0.2, 0.25) is 0 Å². The van der Waals surface area contributed by atoms with Crippen molar-refractivity contribution in [2.24, 2.45) is 0 Å². The maximum Gasteiger partial charge on any atom is 0.482 e.